The van der Waals surface area contributed by atoms with E-state index >= 15 is 0 Å². The number of aliphatic hydroxyl groups is 1. The monoisotopic (exact) mass is 587 g/mol. The summed E-state index contributed by atoms with van der Waals surface area (Å²) in [6.07, 6.45) is 4.29. The van der Waals surface area contributed by atoms with Crippen LogP contribution in [0.4, 0.5) is 16.2 Å². The first-order chi connectivity index (χ1) is 19.7. The predicted molar refractivity (Wildman–Crippen MR) is 166 cm³/mol. The lowest BCUT2D eigenvalue weighted by Crippen LogP contribution is -2.37. The van der Waals surface area contributed by atoms with Gasteiger partial charge in [0.1, 0.15) is 11.9 Å². The van der Waals surface area contributed by atoms with Gasteiger partial charge in [0.15, 0.2) is 6.10 Å². The van der Waals surface area contributed by atoms with E-state index in [0.29, 0.717) is 29.7 Å². The number of anilines is 2. The minimum atomic E-state index is -0.950. The van der Waals surface area contributed by atoms with Crippen molar-refractivity contribution in [1.82, 2.24) is 0 Å². The summed E-state index contributed by atoms with van der Waals surface area (Å²) in [7, 11) is 8.59. The number of carbonyl (C=O) groups excluding carboxylic acids is 2. The van der Waals surface area contributed by atoms with Crippen LogP contribution in [0.2, 0.25) is 0 Å². The highest BCUT2D eigenvalue weighted by Gasteiger charge is 2.30. The van der Waals surface area contributed by atoms with Gasteiger partial charge in [-0.25, -0.2) is 4.79 Å². The number of allylic oxidation sites excluding steroid dienone is 2. The molecular weight excluding hydrogens is 538 g/mol. The second-order valence-corrected chi connectivity index (χ2v) is 11.3. The van der Waals surface area contributed by atoms with Crippen molar-refractivity contribution in [3.05, 3.63) is 52.6 Å². The Morgan fingerprint density at radius 1 is 1.12 bits per heavy atom. The fourth-order valence-corrected chi connectivity index (χ4v) is 5.34. The third kappa shape index (κ3) is 8.83. The number of nitrogens with zero attached hydrogens (tertiary/aromatic N) is 1. The first-order valence-electron chi connectivity index (χ1n) is 14.2. The number of primary amides is 1. The summed E-state index contributed by atoms with van der Waals surface area (Å²) in [6.45, 7) is 9.47. The first-order valence-corrected chi connectivity index (χ1v) is 14.2. The lowest BCUT2D eigenvalue weighted by atomic mass is 9.87. The summed E-state index contributed by atoms with van der Waals surface area (Å²) in [5.41, 5.74) is 9.92. The molecule has 0 fully saturated rings. The maximum absolute atomic E-state index is 13.2. The summed E-state index contributed by atoms with van der Waals surface area (Å²) in [5.74, 6) is 0.234. The lowest BCUT2D eigenvalue weighted by Gasteiger charge is -2.30. The van der Waals surface area contributed by atoms with Crippen LogP contribution in [0.5, 0.6) is 5.75 Å². The third-order valence-electron chi connectivity index (χ3n) is 7.78. The van der Waals surface area contributed by atoms with Crippen LogP contribution in [-0.2, 0) is 25.4 Å². The van der Waals surface area contributed by atoms with Crippen molar-refractivity contribution in [3.8, 4) is 5.75 Å². The van der Waals surface area contributed by atoms with Crippen LogP contribution in [0.25, 0.3) is 0 Å². The predicted octanol–water partition coefficient (Wildman–Crippen LogP) is 4.53. The summed E-state index contributed by atoms with van der Waals surface area (Å²) in [6, 6.07) is 1.91. The molecular formula is C32H49N3O7. The van der Waals surface area contributed by atoms with Crippen LogP contribution in [-0.4, -0.2) is 76.9 Å². The van der Waals surface area contributed by atoms with Crippen molar-refractivity contribution in [1.29, 1.82) is 0 Å². The number of hydrogen-bond acceptors (Lipinski definition) is 8. The molecule has 2 amide bonds. The fourth-order valence-electron chi connectivity index (χ4n) is 5.34. The van der Waals surface area contributed by atoms with E-state index in [1.54, 1.807) is 46.3 Å². The Morgan fingerprint density at radius 3 is 2.33 bits per heavy atom. The quantitative estimate of drug-likeness (QED) is 0.428. The van der Waals surface area contributed by atoms with Crippen LogP contribution in [0.1, 0.15) is 45.2 Å². The van der Waals surface area contributed by atoms with E-state index in [2.05, 4.69) is 12.2 Å². The molecule has 1 aliphatic rings. The van der Waals surface area contributed by atoms with Gasteiger partial charge in [-0.05, 0) is 56.7 Å². The standard InChI is InChI=1S/C32H49N3O7/c1-18-14-23-22(5)24(17-25(35(6)7)30(23)41-10)34-31(37)19(2)12-11-13-26(39-8)29(42-32(33)38)21(4)16-20(3)28(36)27(15-18)40-9/h11-13,16-18,20,26-29,36H,14-15H2,1-10H3,(H2,33,38)(H,34,37)/b13-11-,19-12+,21-16+/t18-,20+,26+,27+,28-,29+/m1/s1. The molecule has 0 saturated carbocycles. The number of aliphatic hydroxyl groups excluding tert-OH is 1. The van der Waals surface area contributed by atoms with Gasteiger partial charge in [0.2, 0.25) is 0 Å². The number of ether oxygens (including phenoxy) is 4. The van der Waals surface area contributed by atoms with Crippen LogP contribution in [0, 0.1) is 18.8 Å². The number of carbonyl (C=O) groups is 2. The van der Waals surface area contributed by atoms with Crippen molar-refractivity contribution in [2.75, 3.05) is 45.6 Å². The zero-order valence-corrected chi connectivity index (χ0v) is 26.7. The van der Waals surface area contributed by atoms with Crippen molar-refractivity contribution < 1.29 is 33.6 Å². The molecule has 4 N–H and O–H groups in total. The highest BCUT2D eigenvalue weighted by molar-refractivity contribution is 6.04. The number of nitrogens with one attached hydrogen (secondary N) is 1. The zero-order chi connectivity index (χ0) is 31.7. The van der Waals surface area contributed by atoms with Gasteiger partial charge in [-0.3, -0.25) is 4.79 Å². The van der Waals surface area contributed by atoms with Gasteiger partial charge in [0.05, 0.1) is 25.0 Å². The minimum Gasteiger partial charge on any atom is -0.494 e. The maximum Gasteiger partial charge on any atom is 0.405 e. The number of benzene rings is 1. The van der Waals surface area contributed by atoms with Gasteiger partial charge in [-0.2, -0.15) is 0 Å². The van der Waals surface area contributed by atoms with Gasteiger partial charge < -0.3 is 40.0 Å². The fraction of sp³-hybridized carbons (Fsp3) is 0.562. The molecule has 10 heteroatoms. The highest BCUT2D eigenvalue weighted by atomic mass is 16.6. The van der Waals surface area contributed by atoms with Crippen molar-refractivity contribution in [2.24, 2.45) is 17.6 Å². The molecule has 1 aliphatic heterocycles. The van der Waals surface area contributed by atoms with E-state index in [9.17, 15) is 14.7 Å². The Hall–Kier alpha value is -3.34. The normalized spacial score (nSPS) is 29.4. The molecule has 6 atom stereocenters. The molecule has 2 rings (SSSR count). The van der Waals surface area contributed by atoms with Gasteiger partial charge in [-0.1, -0.05) is 38.2 Å². The minimum absolute atomic E-state index is 0.0900. The van der Waals surface area contributed by atoms with Gasteiger partial charge in [-0.15, -0.1) is 0 Å². The van der Waals surface area contributed by atoms with E-state index in [-0.39, 0.29) is 17.7 Å². The Labute approximate surface area is 250 Å². The summed E-state index contributed by atoms with van der Waals surface area (Å²) in [4.78, 5) is 27.0. The van der Waals surface area contributed by atoms with E-state index < -0.39 is 30.5 Å². The van der Waals surface area contributed by atoms with Crippen molar-refractivity contribution in [3.63, 3.8) is 0 Å². The highest BCUT2D eigenvalue weighted by Crippen LogP contribution is 2.40. The molecule has 10 nitrogen and oxygen atoms in total. The Morgan fingerprint density at radius 2 is 1.79 bits per heavy atom. The van der Waals surface area contributed by atoms with Crippen molar-refractivity contribution in [2.45, 2.75) is 71.9 Å². The largest absolute Gasteiger partial charge is 0.494 e. The van der Waals surface area contributed by atoms with Crippen LogP contribution >= 0.6 is 0 Å². The van der Waals surface area contributed by atoms with Crippen molar-refractivity contribution >= 4 is 23.4 Å². The SMILES string of the molecule is COc1c(N(C)C)cc2c(C)c1C[C@@H](C)C[C@H](OC)[C@H](O)[C@@H](C)/C=C(\C)[C@H](OC(N)=O)[C@@H](OC)/C=C\C=C(/C)C(=O)N2. The molecule has 0 aromatic heterocycles. The van der Waals surface area contributed by atoms with Gasteiger partial charge in [0.25, 0.3) is 5.91 Å². The number of rotatable bonds is 5. The topological polar surface area (TPSA) is 133 Å². The number of methoxy groups -OCH3 is 3. The van der Waals surface area contributed by atoms with E-state index in [1.807, 2.05) is 45.0 Å². The molecule has 0 saturated heterocycles. The lowest BCUT2D eigenvalue weighted by molar-refractivity contribution is -0.112. The number of hydrogen-bond donors (Lipinski definition) is 3. The maximum atomic E-state index is 13.2. The first kappa shape index (κ1) is 34.9. The summed E-state index contributed by atoms with van der Waals surface area (Å²) < 4.78 is 22.7. The molecule has 1 heterocycles. The van der Waals surface area contributed by atoms with E-state index in [4.69, 9.17) is 24.7 Å². The number of amides is 2. The average Bonchev–Trinajstić information content (AvgIpc) is 2.93. The van der Waals surface area contributed by atoms with E-state index in [0.717, 1.165) is 22.6 Å². The molecule has 2 bridgehead atoms. The second-order valence-electron chi connectivity index (χ2n) is 11.3. The van der Waals surface area contributed by atoms with Crippen LogP contribution in [0.15, 0.2) is 41.5 Å². The average molecular weight is 588 g/mol. The van der Waals surface area contributed by atoms with Crippen LogP contribution < -0.4 is 20.7 Å². The second kappa shape index (κ2) is 15.8. The zero-order valence-electron chi connectivity index (χ0n) is 26.7. The molecule has 0 aliphatic carbocycles. The number of fused-ring (bicyclic) bond motifs is 2. The van der Waals surface area contributed by atoms with Crippen LogP contribution in [0.3, 0.4) is 0 Å². The molecule has 1 aromatic rings. The molecule has 0 radical (unpaired) electrons. The summed E-state index contributed by atoms with van der Waals surface area (Å²) >= 11 is 0. The van der Waals surface area contributed by atoms with Gasteiger partial charge >= 0.3 is 6.09 Å². The Kier molecular flexibility index (Phi) is 13.1. The Balaban J connectivity index is 2.71. The smallest absolute Gasteiger partial charge is 0.405 e. The summed E-state index contributed by atoms with van der Waals surface area (Å²) in [5, 5.41) is 14.4. The van der Waals surface area contributed by atoms with E-state index in [1.165, 1.54) is 7.11 Å². The molecule has 0 spiro atoms. The third-order valence-corrected chi connectivity index (χ3v) is 7.78. The molecule has 234 valence electrons. The number of nitrogens with two attached hydrogens (primary N) is 1. The van der Waals surface area contributed by atoms with Gasteiger partial charge in [0, 0.05) is 51.1 Å². The molecule has 1 aromatic carbocycles. The molecule has 0 unspecified atom stereocenters. The Bertz CT molecular complexity index is 1190. The molecule has 42 heavy (non-hydrogen) atoms.